The summed E-state index contributed by atoms with van der Waals surface area (Å²) in [4.78, 5) is 24.8. The van der Waals surface area contributed by atoms with Crippen molar-refractivity contribution in [1.29, 1.82) is 5.26 Å². The summed E-state index contributed by atoms with van der Waals surface area (Å²) in [6.45, 7) is 5.46. The topological polar surface area (TPSA) is 96.2 Å². The number of carbonyl (C=O) groups excluding carboxylic acids is 2. The standard InChI is InChI=1S/C23H22N4O3/c1-15-4-5-16(2)27(15)26-23(29)19-8-12-21(13-9-19)30-17(3)22(28)25-20-10-6-18(14-24)7-11-20/h4-13,17H,1-3H3,(H,25,28)(H,26,29)/t17-/m0/s1. The molecule has 0 fully saturated rings. The van der Waals surface area contributed by atoms with Crippen molar-refractivity contribution < 1.29 is 14.3 Å². The smallest absolute Gasteiger partial charge is 0.270 e. The van der Waals surface area contributed by atoms with Crippen LogP contribution in [0.5, 0.6) is 5.75 Å². The van der Waals surface area contributed by atoms with Crippen LogP contribution < -0.4 is 15.5 Å². The van der Waals surface area contributed by atoms with Crippen LogP contribution in [0.3, 0.4) is 0 Å². The van der Waals surface area contributed by atoms with E-state index in [-0.39, 0.29) is 11.8 Å². The van der Waals surface area contributed by atoms with Gasteiger partial charge in [-0.15, -0.1) is 0 Å². The first-order valence-electron chi connectivity index (χ1n) is 9.41. The largest absolute Gasteiger partial charge is 0.481 e. The van der Waals surface area contributed by atoms with E-state index in [1.807, 2.05) is 32.0 Å². The van der Waals surface area contributed by atoms with Gasteiger partial charge in [-0.2, -0.15) is 5.26 Å². The number of hydrogen-bond acceptors (Lipinski definition) is 4. The van der Waals surface area contributed by atoms with Crippen molar-refractivity contribution in [3.8, 4) is 11.8 Å². The van der Waals surface area contributed by atoms with Gasteiger partial charge >= 0.3 is 0 Å². The van der Waals surface area contributed by atoms with E-state index in [0.717, 1.165) is 11.4 Å². The van der Waals surface area contributed by atoms with Crippen molar-refractivity contribution in [1.82, 2.24) is 4.68 Å². The number of carbonyl (C=O) groups is 2. The minimum absolute atomic E-state index is 0.240. The third-order valence-corrected chi connectivity index (χ3v) is 4.56. The molecule has 0 aliphatic rings. The number of benzene rings is 2. The molecule has 0 aliphatic carbocycles. The van der Waals surface area contributed by atoms with E-state index >= 15 is 0 Å². The normalized spacial score (nSPS) is 11.3. The first kappa shape index (κ1) is 20.7. The molecular formula is C23H22N4O3. The van der Waals surface area contributed by atoms with E-state index in [1.54, 1.807) is 60.1 Å². The molecule has 0 radical (unpaired) electrons. The van der Waals surface area contributed by atoms with E-state index in [9.17, 15) is 9.59 Å². The lowest BCUT2D eigenvalue weighted by molar-refractivity contribution is -0.122. The molecule has 0 saturated heterocycles. The second-order valence-corrected chi connectivity index (χ2v) is 6.86. The van der Waals surface area contributed by atoms with Gasteiger partial charge in [-0.1, -0.05) is 0 Å². The summed E-state index contributed by atoms with van der Waals surface area (Å²) in [5.41, 5.74) is 6.28. The number of nitriles is 1. The molecule has 0 unspecified atom stereocenters. The summed E-state index contributed by atoms with van der Waals surface area (Å²) in [7, 11) is 0. The van der Waals surface area contributed by atoms with Crippen molar-refractivity contribution in [3.63, 3.8) is 0 Å². The summed E-state index contributed by atoms with van der Waals surface area (Å²) in [6.07, 6.45) is -0.745. The first-order chi connectivity index (χ1) is 14.4. The third-order valence-electron chi connectivity index (χ3n) is 4.56. The highest BCUT2D eigenvalue weighted by molar-refractivity contribution is 6.00. The molecule has 2 aromatic carbocycles. The predicted octanol–water partition coefficient (Wildman–Crippen LogP) is 3.77. The second-order valence-electron chi connectivity index (χ2n) is 6.86. The molecule has 2 N–H and O–H groups in total. The minimum atomic E-state index is -0.745. The van der Waals surface area contributed by atoms with Crippen molar-refractivity contribution >= 4 is 17.5 Å². The molecule has 1 heterocycles. The SMILES string of the molecule is Cc1ccc(C)n1NC(=O)c1ccc(O[C@@H](C)C(=O)Nc2ccc(C#N)cc2)cc1. The summed E-state index contributed by atoms with van der Waals surface area (Å²) >= 11 is 0. The highest BCUT2D eigenvalue weighted by Crippen LogP contribution is 2.16. The second kappa shape index (κ2) is 8.97. The number of ether oxygens (including phenoxy) is 1. The van der Waals surface area contributed by atoms with Crippen LogP contribution in [0.15, 0.2) is 60.7 Å². The van der Waals surface area contributed by atoms with Crippen LogP contribution in [0.25, 0.3) is 0 Å². The van der Waals surface area contributed by atoms with Crippen LogP contribution >= 0.6 is 0 Å². The lowest BCUT2D eigenvalue weighted by Gasteiger charge is -2.15. The average Bonchev–Trinajstić information content (AvgIpc) is 3.06. The summed E-state index contributed by atoms with van der Waals surface area (Å²) < 4.78 is 7.40. The molecule has 152 valence electrons. The molecule has 30 heavy (non-hydrogen) atoms. The van der Waals surface area contributed by atoms with Crippen LogP contribution in [-0.4, -0.2) is 22.6 Å². The highest BCUT2D eigenvalue weighted by atomic mass is 16.5. The summed E-state index contributed by atoms with van der Waals surface area (Å²) in [6, 6.07) is 19.0. The Balaban J connectivity index is 1.58. The van der Waals surface area contributed by atoms with Crippen molar-refractivity contribution in [2.75, 3.05) is 10.7 Å². The maximum absolute atomic E-state index is 12.5. The van der Waals surface area contributed by atoms with Gasteiger partial charge in [-0.05, 0) is 81.4 Å². The van der Waals surface area contributed by atoms with Gasteiger partial charge in [0.25, 0.3) is 11.8 Å². The predicted molar refractivity (Wildman–Crippen MR) is 114 cm³/mol. The van der Waals surface area contributed by atoms with Gasteiger partial charge < -0.3 is 10.1 Å². The molecule has 7 heteroatoms. The van der Waals surface area contributed by atoms with Crippen molar-refractivity contribution in [2.45, 2.75) is 26.9 Å². The van der Waals surface area contributed by atoms with E-state index in [4.69, 9.17) is 10.00 Å². The van der Waals surface area contributed by atoms with Gasteiger partial charge in [-0.25, -0.2) is 0 Å². The molecular weight excluding hydrogens is 380 g/mol. The third kappa shape index (κ3) is 4.86. The Morgan fingerprint density at radius 2 is 1.57 bits per heavy atom. The van der Waals surface area contributed by atoms with Crippen molar-refractivity contribution in [2.24, 2.45) is 0 Å². The number of anilines is 1. The van der Waals surface area contributed by atoms with E-state index < -0.39 is 6.10 Å². The lowest BCUT2D eigenvalue weighted by Crippen LogP contribution is -2.30. The molecule has 7 nitrogen and oxygen atoms in total. The Hall–Kier alpha value is -4.05. The van der Waals surface area contributed by atoms with E-state index in [0.29, 0.717) is 22.6 Å². The number of hydrogen-bond donors (Lipinski definition) is 2. The van der Waals surface area contributed by atoms with Gasteiger partial charge in [0.15, 0.2) is 6.10 Å². The molecule has 0 bridgehead atoms. The fraction of sp³-hybridized carbons (Fsp3) is 0.174. The van der Waals surface area contributed by atoms with E-state index in [1.165, 1.54) is 0 Å². The lowest BCUT2D eigenvalue weighted by atomic mass is 10.2. The quantitative estimate of drug-likeness (QED) is 0.656. The minimum Gasteiger partial charge on any atom is -0.481 e. The summed E-state index contributed by atoms with van der Waals surface area (Å²) in [5, 5.41) is 11.6. The van der Waals surface area contributed by atoms with Crippen LogP contribution in [0.1, 0.15) is 34.2 Å². The van der Waals surface area contributed by atoms with Crippen LogP contribution in [0.4, 0.5) is 5.69 Å². The van der Waals surface area contributed by atoms with E-state index in [2.05, 4.69) is 10.7 Å². The number of amides is 2. The summed E-state index contributed by atoms with van der Waals surface area (Å²) in [5.74, 6) is -0.0852. The number of aromatic nitrogens is 1. The Morgan fingerprint density at radius 1 is 0.967 bits per heavy atom. The Morgan fingerprint density at radius 3 is 2.13 bits per heavy atom. The fourth-order valence-corrected chi connectivity index (χ4v) is 2.83. The van der Waals surface area contributed by atoms with Gasteiger partial charge in [0.1, 0.15) is 5.75 Å². The monoisotopic (exact) mass is 402 g/mol. The molecule has 0 saturated carbocycles. The van der Waals surface area contributed by atoms with Crippen LogP contribution in [0, 0.1) is 25.2 Å². The van der Waals surface area contributed by atoms with Crippen LogP contribution in [-0.2, 0) is 4.79 Å². The van der Waals surface area contributed by atoms with Gasteiger partial charge in [0.05, 0.1) is 11.6 Å². The molecule has 1 aromatic heterocycles. The molecule has 2 amide bonds. The maximum Gasteiger partial charge on any atom is 0.270 e. The highest BCUT2D eigenvalue weighted by Gasteiger charge is 2.16. The fourth-order valence-electron chi connectivity index (χ4n) is 2.83. The number of aryl methyl sites for hydroxylation is 2. The van der Waals surface area contributed by atoms with Crippen molar-refractivity contribution in [3.05, 3.63) is 83.2 Å². The maximum atomic E-state index is 12.5. The Kier molecular flexibility index (Phi) is 6.18. The Bertz CT molecular complexity index is 1070. The molecule has 0 spiro atoms. The molecule has 0 aliphatic heterocycles. The zero-order valence-electron chi connectivity index (χ0n) is 17.0. The number of nitrogens with zero attached hydrogens (tertiary/aromatic N) is 2. The molecule has 1 atom stereocenters. The van der Waals surface area contributed by atoms with Gasteiger partial charge in [0, 0.05) is 22.6 Å². The van der Waals surface area contributed by atoms with Crippen LogP contribution in [0.2, 0.25) is 0 Å². The average molecular weight is 402 g/mol. The number of nitrogens with one attached hydrogen (secondary N) is 2. The Labute approximate surface area is 174 Å². The number of rotatable bonds is 6. The zero-order chi connectivity index (χ0) is 21.7. The first-order valence-corrected chi connectivity index (χ1v) is 9.41. The molecule has 3 aromatic rings. The van der Waals surface area contributed by atoms with Gasteiger partial charge in [-0.3, -0.25) is 19.7 Å². The molecule has 3 rings (SSSR count). The van der Waals surface area contributed by atoms with Gasteiger partial charge in [0.2, 0.25) is 0 Å². The zero-order valence-corrected chi connectivity index (χ0v) is 17.0.